The van der Waals surface area contributed by atoms with E-state index in [1.54, 1.807) is 19.4 Å². The van der Waals surface area contributed by atoms with Crippen molar-refractivity contribution >= 4 is 9.84 Å². The topological polar surface area (TPSA) is 72.0 Å². The minimum atomic E-state index is -2.94. The van der Waals surface area contributed by atoms with Gasteiger partial charge in [-0.1, -0.05) is 0 Å². The average Bonchev–Trinajstić information content (AvgIpc) is 2.20. The number of nitrogens with zero attached hydrogens (tertiary/aromatic N) is 2. The van der Waals surface area contributed by atoms with E-state index in [0.29, 0.717) is 12.2 Å². The minimum absolute atomic E-state index is 0.115. The molecule has 90 valence electrons. The molecule has 1 aromatic rings. The summed E-state index contributed by atoms with van der Waals surface area (Å²) in [6, 6.07) is -0.115. The number of aryl methyl sites for hydroxylation is 1. The van der Waals surface area contributed by atoms with Crippen LogP contribution in [0.5, 0.6) is 0 Å². The summed E-state index contributed by atoms with van der Waals surface area (Å²) in [6.45, 7) is 1.91. The van der Waals surface area contributed by atoms with Crippen LogP contribution in [0.15, 0.2) is 12.4 Å². The summed E-state index contributed by atoms with van der Waals surface area (Å²) in [4.78, 5) is 8.36. The van der Waals surface area contributed by atoms with E-state index in [1.165, 1.54) is 6.26 Å². The third kappa shape index (κ3) is 4.24. The molecular weight excluding hydrogens is 226 g/mol. The highest BCUT2D eigenvalue weighted by atomic mass is 32.2. The molecule has 0 radical (unpaired) electrons. The summed E-state index contributed by atoms with van der Waals surface area (Å²) >= 11 is 0. The fourth-order valence-corrected chi connectivity index (χ4v) is 1.98. The van der Waals surface area contributed by atoms with Crippen LogP contribution in [0, 0.1) is 6.92 Å². The molecule has 16 heavy (non-hydrogen) atoms. The van der Waals surface area contributed by atoms with E-state index in [2.05, 4.69) is 15.3 Å². The van der Waals surface area contributed by atoms with Gasteiger partial charge in [-0.25, -0.2) is 18.4 Å². The summed E-state index contributed by atoms with van der Waals surface area (Å²) in [5.74, 6) is 0.771. The zero-order chi connectivity index (χ0) is 12.2. The Bertz CT molecular complexity index is 428. The lowest BCUT2D eigenvalue weighted by Crippen LogP contribution is -2.22. The molecule has 0 saturated carbocycles. The number of nitrogens with one attached hydrogen (secondary N) is 1. The van der Waals surface area contributed by atoms with E-state index in [4.69, 9.17) is 0 Å². The van der Waals surface area contributed by atoms with Gasteiger partial charge in [0.25, 0.3) is 0 Å². The molecule has 0 spiro atoms. The van der Waals surface area contributed by atoms with Gasteiger partial charge in [0, 0.05) is 18.6 Å². The molecule has 0 aliphatic heterocycles. The van der Waals surface area contributed by atoms with Gasteiger partial charge in [-0.2, -0.15) is 0 Å². The molecule has 6 heteroatoms. The first-order valence-electron chi connectivity index (χ1n) is 5.06. The Hall–Kier alpha value is -1.01. The summed E-state index contributed by atoms with van der Waals surface area (Å²) in [6.07, 6.45) is 5.17. The van der Waals surface area contributed by atoms with Gasteiger partial charge in [0.2, 0.25) is 0 Å². The molecular formula is C10H17N3O2S. The molecule has 1 rings (SSSR count). The van der Waals surface area contributed by atoms with Crippen LogP contribution in [0.25, 0.3) is 0 Å². The van der Waals surface area contributed by atoms with Crippen molar-refractivity contribution in [2.75, 3.05) is 19.1 Å². The van der Waals surface area contributed by atoms with Gasteiger partial charge >= 0.3 is 0 Å². The number of hydrogen-bond donors (Lipinski definition) is 1. The van der Waals surface area contributed by atoms with Crippen molar-refractivity contribution < 1.29 is 8.42 Å². The molecule has 0 saturated heterocycles. The third-order valence-corrected chi connectivity index (χ3v) is 3.22. The van der Waals surface area contributed by atoms with E-state index >= 15 is 0 Å². The van der Waals surface area contributed by atoms with Crippen molar-refractivity contribution in [2.45, 2.75) is 19.4 Å². The molecule has 0 fully saturated rings. The maximum Gasteiger partial charge on any atom is 0.147 e. The van der Waals surface area contributed by atoms with E-state index in [9.17, 15) is 8.42 Å². The Morgan fingerprint density at radius 2 is 1.94 bits per heavy atom. The van der Waals surface area contributed by atoms with Crippen molar-refractivity contribution in [3.63, 3.8) is 0 Å². The fourth-order valence-electron chi connectivity index (χ4n) is 1.32. The molecule has 1 aromatic heterocycles. The average molecular weight is 243 g/mol. The largest absolute Gasteiger partial charge is 0.310 e. The Balaban J connectivity index is 2.71. The van der Waals surface area contributed by atoms with Crippen LogP contribution >= 0.6 is 0 Å². The highest BCUT2D eigenvalue weighted by Crippen LogP contribution is 2.12. The molecule has 0 bridgehead atoms. The molecule has 1 N–H and O–H groups in total. The normalized spacial score (nSPS) is 13.7. The molecule has 1 heterocycles. The van der Waals surface area contributed by atoms with Crippen molar-refractivity contribution in [3.05, 3.63) is 23.8 Å². The molecule has 0 aromatic carbocycles. The first kappa shape index (κ1) is 13.1. The van der Waals surface area contributed by atoms with Gasteiger partial charge in [-0.05, 0) is 26.0 Å². The second-order valence-corrected chi connectivity index (χ2v) is 6.14. The van der Waals surface area contributed by atoms with Crippen LogP contribution in [0.2, 0.25) is 0 Å². The van der Waals surface area contributed by atoms with Crippen molar-refractivity contribution in [3.8, 4) is 0 Å². The summed E-state index contributed by atoms with van der Waals surface area (Å²) < 4.78 is 22.1. The predicted octanol–water partition coefficient (Wildman–Crippen LogP) is 0.480. The second kappa shape index (κ2) is 5.36. The number of aromatic nitrogens is 2. The van der Waals surface area contributed by atoms with E-state index < -0.39 is 9.84 Å². The van der Waals surface area contributed by atoms with E-state index in [-0.39, 0.29) is 11.8 Å². The van der Waals surface area contributed by atoms with Crippen LogP contribution in [0.3, 0.4) is 0 Å². The van der Waals surface area contributed by atoms with Crippen molar-refractivity contribution in [1.82, 2.24) is 15.3 Å². The molecule has 5 nitrogen and oxygen atoms in total. The van der Waals surface area contributed by atoms with Crippen molar-refractivity contribution in [2.24, 2.45) is 0 Å². The molecule has 1 unspecified atom stereocenters. The number of rotatable bonds is 5. The van der Waals surface area contributed by atoms with Crippen LogP contribution in [0.4, 0.5) is 0 Å². The Morgan fingerprint density at radius 3 is 2.38 bits per heavy atom. The predicted molar refractivity (Wildman–Crippen MR) is 62.9 cm³/mol. The summed E-state index contributed by atoms with van der Waals surface area (Å²) in [5.41, 5.74) is 0.988. The molecule has 1 atom stereocenters. The van der Waals surface area contributed by atoms with Gasteiger partial charge in [0.05, 0.1) is 11.8 Å². The van der Waals surface area contributed by atoms with Gasteiger partial charge in [0.1, 0.15) is 15.7 Å². The quantitative estimate of drug-likeness (QED) is 0.814. The van der Waals surface area contributed by atoms with Gasteiger partial charge < -0.3 is 5.32 Å². The summed E-state index contributed by atoms with van der Waals surface area (Å²) in [5, 5.41) is 3.02. The van der Waals surface area contributed by atoms with Crippen LogP contribution in [-0.4, -0.2) is 37.4 Å². The van der Waals surface area contributed by atoms with Crippen LogP contribution < -0.4 is 5.32 Å². The zero-order valence-corrected chi connectivity index (χ0v) is 10.6. The first-order chi connectivity index (χ1) is 7.42. The van der Waals surface area contributed by atoms with Crippen LogP contribution in [0.1, 0.15) is 23.9 Å². The molecule has 0 amide bonds. The lowest BCUT2D eigenvalue weighted by molar-refractivity contribution is 0.534. The Morgan fingerprint density at radius 1 is 1.38 bits per heavy atom. The lowest BCUT2D eigenvalue weighted by Gasteiger charge is -2.13. The van der Waals surface area contributed by atoms with Crippen LogP contribution in [-0.2, 0) is 9.84 Å². The fraction of sp³-hybridized carbons (Fsp3) is 0.600. The van der Waals surface area contributed by atoms with Crippen molar-refractivity contribution in [1.29, 1.82) is 0 Å². The molecule has 0 aliphatic carbocycles. The third-order valence-electron chi connectivity index (χ3n) is 2.24. The Kier molecular flexibility index (Phi) is 4.37. The smallest absolute Gasteiger partial charge is 0.147 e. The summed E-state index contributed by atoms with van der Waals surface area (Å²) in [7, 11) is -1.17. The lowest BCUT2D eigenvalue weighted by atomic mass is 10.2. The van der Waals surface area contributed by atoms with Gasteiger partial charge in [0.15, 0.2) is 0 Å². The van der Waals surface area contributed by atoms with Gasteiger partial charge in [-0.3, -0.25) is 0 Å². The highest BCUT2D eigenvalue weighted by molar-refractivity contribution is 7.90. The SMILES string of the molecule is CNC(CCS(C)(=O)=O)c1ncc(C)cn1. The minimum Gasteiger partial charge on any atom is -0.310 e. The second-order valence-electron chi connectivity index (χ2n) is 3.88. The van der Waals surface area contributed by atoms with E-state index in [0.717, 1.165) is 5.56 Å². The van der Waals surface area contributed by atoms with E-state index in [1.807, 2.05) is 6.92 Å². The zero-order valence-electron chi connectivity index (χ0n) is 9.77. The first-order valence-corrected chi connectivity index (χ1v) is 7.12. The maximum absolute atomic E-state index is 11.1. The Labute approximate surface area is 96.2 Å². The van der Waals surface area contributed by atoms with Gasteiger partial charge in [-0.15, -0.1) is 0 Å². The highest BCUT2D eigenvalue weighted by Gasteiger charge is 2.14. The standard InChI is InChI=1S/C10H17N3O2S/c1-8-6-12-10(13-7-8)9(11-2)4-5-16(3,14)15/h6-7,9,11H,4-5H2,1-3H3. The number of sulfone groups is 1. The number of hydrogen-bond acceptors (Lipinski definition) is 5. The monoisotopic (exact) mass is 243 g/mol. The molecule has 0 aliphatic rings. The maximum atomic E-state index is 11.1.